The molecule has 1 N–H and O–H groups in total. The fraction of sp³-hybridized carbons (Fsp3) is 0.286. The predicted molar refractivity (Wildman–Crippen MR) is 73.1 cm³/mol. The second kappa shape index (κ2) is 5.24. The summed E-state index contributed by atoms with van der Waals surface area (Å²) in [6, 6.07) is 3.59. The molecule has 6 heteroatoms. The van der Waals surface area contributed by atoms with Gasteiger partial charge in [-0.15, -0.1) is 0 Å². The van der Waals surface area contributed by atoms with Crippen molar-refractivity contribution in [2.24, 2.45) is 0 Å². The van der Waals surface area contributed by atoms with Crippen LogP contribution in [0.3, 0.4) is 0 Å². The highest BCUT2D eigenvalue weighted by Crippen LogP contribution is 2.34. The Bertz CT molecular complexity index is 661. The van der Waals surface area contributed by atoms with Crippen molar-refractivity contribution in [2.45, 2.75) is 13.8 Å². The van der Waals surface area contributed by atoms with Crippen molar-refractivity contribution >= 4 is 5.97 Å². The monoisotopic (exact) mass is 276 g/mol. The first-order chi connectivity index (χ1) is 9.51. The van der Waals surface area contributed by atoms with E-state index in [0.717, 1.165) is 5.56 Å². The zero-order valence-corrected chi connectivity index (χ0v) is 11.8. The summed E-state index contributed by atoms with van der Waals surface area (Å²) in [7, 11) is 3.14. The minimum atomic E-state index is -1.00. The van der Waals surface area contributed by atoms with E-state index in [9.17, 15) is 4.79 Å². The fourth-order valence-corrected chi connectivity index (χ4v) is 2.17. The van der Waals surface area contributed by atoms with Gasteiger partial charge in [-0.2, -0.15) is 5.10 Å². The van der Waals surface area contributed by atoms with Crippen molar-refractivity contribution in [2.75, 3.05) is 14.2 Å². The number of carboxylic acids is 1. The lowest BCUT2D eigenvalue weighted by molar-refractivity contribution is 0.0696. The maximum absolute atomic E-state index is 11.1. The quantitative estimate of drug-likeness (QED) is 0.926. The number of rotatable bonds is 4. The number of benzene rings is 1. The summed E-state index contributed by atoms with van der Waals surface area (Å²) in [6.07, 6.45) is 1.33. The van der Waals surface area contributed by atoms with Crippen LogP contribution in [0.4, 0.5) is 0 Å². The van der Waals surface area contributed by atoms with Gasteiger partial charge < -0.3 is 14.6 Å². The average Bonchev–Trinajstić information content (AvgIpc) is 2.80. The highest BCUT2D eigenvalue weighted by atomic mass is 16.5. The largest absolute Gasteiger partial charge is 0.496 e. The van der Waals surface area contributed by atoms with Crippen LogP contribution >= 0.6 is 0 Å². The number of hydrogen-bond acceptors (Lipinski definition) is 4. The third-order valence-corrected chi connectivity index (χ3v) is 3.23. The van der Waals surface area contributed by atoms with E-state index in [0.29, 0.717) is 22.9 Å². The number of ether oxygens (including phenoxy) is 2. The summed E-state index contributed by atoms with van der Waals surface area (Å²) < 4.78 is 12.2. The first-order valence-corrected chi connectivity index (χ1v) is 6.01. The first kappa shape index (κ1) is 13.9. The predicted octanol–water partition coefficient (Wildman–Crippen LogP) is 2.20. The van der Waals surface area contributed by atoms with E-state index >= 15 is 0 Å². The third-order valence-electron chi connectivity index (χ3n) is 3.23. The molecule has 6 nitrogen and oxygen atoms in total. The van der Waals surface area contributed by atoms with E-state index in [-0.39, 0.29) is 5.56 Å². The molecule has 0 aliphatic carbocycles. The van der Waals surface area contributed by atoms with Crippen LogP contribution in [-0.2, 0) is 0 Å². The second-order valence-corrected chi connectivity index (χ2v) is 4.31. The molecule has 0 saturated heterocycles. The molecule has 0 aliphatic rings. The van der Waals surface area contributed by atoms with E-state index < -0.39 is 5.97 Å². The molecule has 1 aromatic heterocycles. The van der Waals surface area contributed by atoms with Crippen molar-refractivity contribution in [3.05, 3.63) is 35.2 Å². The molecular weight excluding hydrogens is 260 g/mol. The molecule has 1 heterocycles. The third kappa shape index (κ3) is 2.09. The molecule has 1 aromatic carbocycles. The molecular formula is C14H16N2O4. The molecule has 0 aliphatic heterocycles. The lowest BCUT2D eigenvalue weighted by atomic mass is 10.1. The molecule has 0 fully saturated rings. The standard InChI is InChI=1S/C14H16N2O4/c1-8-12(19-3)6-5-11(13(8)20-4)16-9(2)10(7-15-16)14(17)18/h5-7H,1-4H3,(H,17,18). The summed E-state index contributed by atoms with van der Waals surface area (Å²) in [4.78, 5) is 11.1. The number of hydrogen-bond donors (Lipinski definition) is 1. The summed E-state index contributed by atoms with van der Waals surface area (Å²) in [5.41, 5.74) is 2.22. The van der Waals surface area contributed by atoms with E-state index in [1.807, 2.05) is 6.92 Å². The topological polar surface area (TPSA) is 73.6 Å². The molecule has 20 heavy (non-hydrogen) atoms. The van der Waals surface area contributed by atoms with Gasteiger partial charge in [-0.05, 0) is 26.0 Å². The fourth-order valence-electron chi connectivity index (χ4n) is 2.17. The van der Waals surface area contributed by atoms with E-state index in [1.54, 1.807) is 38.0 Å². The minimum absolute atomic E-state index is 0.167. The van der Waals surface area contributed by atoms with Gasteiger partial charge in [-0.3, -0.25) is 0 Å². The van der Waals surface area contributed by atoms with Gasteiger partial charge in [0.25, 0.3) is 0 Å². The number of carbonyl (C=O) groups is 1. The van der Waals surface area contributed by atoms with Gasteiger partial charge in [0.2, 0.25) is 0 Å². The summed E-state index contributed by atoms with van der Waals surface area (Å²) in [5.74, 6) is 0.305. The van der Waals surface area contributed by atoms with Crippen LogP contribution in [0.5, 0.6) is 11.5 Å². The molecule has 0 spiro atoms. The molecule has 106 valence electrons. The van der Waals surface area contributed by atoms with E-state index in [1.165, 1.54) is 6.20 Å². The van der Waals surface area contributed by atoms with Crippen LogP contribution in [0.25, 0.3) is 5.69 Å². The van der Waals surface area contributed by atoms with Crippen LogP contribution in [0.2, 0.25) is 0 Å². The van der Waals surface area contributed by atoms with E-state index in [4.69, 9.17) is 14.6 Å². The number of nitrogens with zero attached hydrogens (tertiary/aromatic N) is 2. The van der Waals surface area contributed by atoms with Crippen molar-refractivity contribution in [1.82, 2.24) is 9.78 Å². The molecule has 2 rings (SSSR count). The number of aromatic carboxylic acids is 1. The zero-order valence-electron chi connectivity index (χ0n) is 11.8. The Labute approximate surface area is 116 Å². The van der Waals surface area contributed by atoms with Gasteiger partial charge in [0, 0.05) is 5.56 Å². The van der Waals surface area contributed by atoms with Crippen LogP contribution < -0.4 is 9.47 Å². The van der Waals surface area contributed by atoms with Gasteiger partial charge in [0.1, 0.15) is 17.0 Å². The zero-order chi connectivity index (χ0) is 14.9. The number of carboxylic acid groups (broad SMARTS) is 1. The summed E-state index contributed by atoms with van der Waals surface area (Å²) >= 11 is 0. The molecule has 0 radical (unpaired) electrons. The van der Waals surface area contributed by atoms with Crippen LogP contribution in [0.1, 0.15) is 21.6 Å². The molecule has 2 aromatic rings. The van der Waals surface area contributed by atoms with Gasteiger partial charge in [-0.1, -0.05) is 0 Å². The van der Waals surface area contributed by atoms with Gasteiger partial charge in [0.05, 0.1) is 26.1 Å². The van der Waals surface area contributed by atoms with E-state index in [2.05, 4.69) is 5.10 Å². The van der Waals surface area contributed by atoms with Crippen LogP contribution in [0, 0.1) is 13.8 Å². The Hall–Kier alpha value is -2.50. The highest BCUT2D eigenvalue weighted by Gasteiger charge is 2.18. The van der Waals surface area contributed by atoms with Gasteiger partial charge in [-0.25, -0.2) is 9.48 Å². The maximum Gasteiger partial charge on any atom is 0.339 e. The van der Waals surface area contributed by atoms with Crippen molar-refractivity contribution in [1.29, 1.82) is 0 Å². The normalized spacial score (nSPS) is 10.4. The Kier molecular flexibility index (Phi) is 3.65. The smallest absolute Gasteiger partial charge is 0.339 e. The van der Waals surface area contributed by atoms with Crippen LogP contribution in [-0.4, -0.2) is 35.1 Å². The Morgan fingerprint density at radius 2 is 1.95 bits per heavy atom. The SMILES string of the molecule is COc1ccc(-n2ncc(C(=O)O)c2C)c(OC)c1C. The minimum Gasteiger partial charge on any atom is -0.496 e. The summed E-state index contributed by atoms with van der Waals surface area (Å²) in [6.45, 7) is 3.58. The molecule has 0 amide bonds. The Morgan fingerprint density at radius 3 is 2.45 bits per heavy atom. The average molecular weight is 276 g/mol. The molecule has 0 saturated carbocycles. The van der Waals surface area contributed by atoms with Gasteiger partial charge in [0.15, 0.2) is 5.75 Å². The van der Waals surface area contributed by atoms with Crippen molar-refractivity contribution < 1.29 is 19.4 Å². The first-order valence-electron chi connectivity index (χ1n) is 6.01. The lowest BCUT2D eigenvalue weighted by Gasteiger charge is -2.15. The highest BCUT2D eigenvalue weighted by molar-refractivity contribution is 5.88. The number of methoxy groups -OCH3 is 2. The number of aromatic nitrogens is 2. The second-order valence-electron chi connectivity index (χ2n) is 4.31. The lowest BCUT2D eigenvalue weighted by Crippen LogP contribution is -2.05. The van der Waals surface area contributed by atoms with Crippen molar-refractivity contribution in [3.8, 4) is 17.2 Å². The van der Waals surface area contributed by atoms with Crippen LogP contribution in [0.15, 0.2) is 18.3 Å². The maximum atomic E-state index is 11.1. The Balaban J connectivity index is 2.64. The van der Waals surface area contributed by atoms with Gasteiger partial charge >= 0.3 is 5.97 Å². The molecule has 0 bridgehead atoms. The molecule has 0 unspecified atom stereocenters. The van der Waals surface area contributed by atoms with Crippen molar-refractivity contribution in [3.63, 3.8) is 0 Å². The molecule has 0 atom stereocenters. The Morgan fingerprint density at radius 1 is 1.25 bits per heavy atom. The summed E-state index contributed by atoms with van der Waals surface area (Å²) in [5, 5.41) is 13.2.